The Morgan fingerprint density at radius 3 is 2.93 bits per heavy atom. The van der Waals surface area contributed by atoms with E-state index in [1.165, 1.54) is 15.0 Å². The first kappa shape index (κ1) is 10.7. The van der Waals surface area contributed by atoms with E-state index in [0.29, 0.717) is 11.6 Å². The van der Waals surface area contributed by atoms with Gasteiger partial charge in [0.05, 0.1) is 0 Å². The third-order valence-corrected chi connectivity index (χ3v) is 3.34. The van der Waals surface area contributed by atoms with Crippen LogP contribution in [0.2, 0.25) is 0 Å². The summed E-state index contributed by atoms with van der Waals surface area (Å²) in [5.41, 5.74) is 0. The quantitative estimate of drug-likeness (QED) is 0.854. The summed E-state index contributed by atoms with van der Waals surface area (Å²) in [4.78, 5) is 1.33. The molecule has 1 aromatic carbocycles. The van der Waals surface area contributed by atoms with Crippen LogP contribution in [0.15, 0.2) is 41.9 Å². The topological polar surface area (TPSA) is 12.0 Å². The van der Waals surface area contributed by atoms with Crippen LogP contribution in [-0.2, 0) is 6.54 Å². The van der Waals surface area contributed by atoms with Crippen LogP contribution in [0.25, 0.3) is 10.1 Å². The van der Waals surface area contributed by atoms with Crippen molar-refractivity contribution in [2.45, 2.75) is 6.54 Å². The Bertz CT molecular complexity index is 442. The van der Waals surface area contributed by atoms with Gasteiger partial charge in [-0.25, -0.2) is 0 Å². The van der Waals surface area contributed by atoms with E-state index in [2.05, 4.69) is 42.2 Å². The zero-order chi connectivity index (χ0) is 10.7. The molecule has 0 unspecified atom stereocenters. The van der Waals surface area contributed by atoms with Crippen LogP contribution in [0.4, 0.5) is 0 Å². The number of hydrogen-bond acceptors (Lipinski definition) is 2. The summed E-state index contributed by atoms with van der Waals surface area (Å²) in [5.74, 6) is 0. The highest BCUT2D eigenvalue weighted by Crippen LogP contribution is 2.24. The standard InChI is InChI=1S/C12H12ClNS/c1-9(13)7-14-8-11-6-10-4-2-3-5-12(10)15-11/h2-6,14H,1,7-8H2. The number of fused-ring (bicyclic) bond motifs is 1. The molecule has 2 aromatic rings. The predicted molar refractivity (Wildman–Crippen MR) is 68.5 cm³/mol. The Morgan fingerprint density at radius 2 is 2.20 bits per heavy atom. The van der Waals surface area contributed by atoms with Gasteiger partial charge in [-0.2, -0.15) is 0 Å². The Labute approximate surface area is 98.4 Å². The minimum Gasteiger partial charge on any atom is -0.307 e. The van der Waals surface area contributed by atoms with Crippen molar-refractivity contribution in [1.29, 1.82) is 0 Å². The minimum atomic E-state index is 0.649. The fourth-order valence-electron chi connectivity index (χ4n) is 1.45. The lowest BCUT2D eigenvalue weighted by Gasteiger charge is -1.99. The van der Waals surface area contributed by atoms with Gasteiger partial charge in [0.2, 0.25) is 0 Å². The van der Waals surface area contributed by atoms with Gasteiger partial charge in [-0.05, 0) is 17.5 Å². The van der Waals surface area contributed by atoms with Gasteiger partial charge in [0, 0.05) is 27.7 Å². The number of benzene rings is 1. The first-order chi connectivity index (χ1) is 7.25. The first-order valence-corrected chi connectivity index (χ1v) is 5.96. The van der Waals surface area contributed by atoms with E-state index in [-0.39, 0.29) is 0 Å². The van der Waals surface area contributed by atoms with Crippen LogP contribution in [0.5, 0.6) is 0 Å². The van der Waals surface area contributed by atoms with Gasteiger partial charge in [0.15, 0.2) is 0 Å². The molecule has 0 fully saturated rings. The average Bonchev–Trinajstić information content (AvgIpc) is 2.59. The van der Waals surface area contributed by atoms with Gasteiger partial charge < -0.3 is 5.32 Å². The van der Waals surface area contributed by atoms with E-state index in [1.54, 1.807) is 0 Å². The molecule has 15 heavy (non-hydrogen) atoms. The molecule has 0 aliphatic carbocycles. The summed E-state index contributed by atoms with van der Waals surface area (Å²) in [7, 11) is 0. The van der Waals surface area contributed by atoms with Crippen molar-refractivity contribution in [3.8, 4) is 0 Å². The van der Waals surface area contributed by atoms with E-state index in [1.807, 2.05) is 11.3 Å². The highest BCUT2D eigenvalue weighted by Gasteiger charge is 2.00. The van der Waals surface area contributed by atoms with Gasteiger partial charge >= 0.3 is 0 Å². The lowest BCUT2D eigenvalue weighted by Crippen LogP contribution is -2.13. The third kappa shape index (κ3) is 2.81. The molecule has 1 aromatic heterocycles. The Balaban J connectivity index is 2.05. The smallest absolute Gasteiger partial charge is 0.0346 e. The van der Waals surface area contributed by atoms with E-state index in [4.69, 9.17) is 11.6 Å². The van der Waals surface area contributed by atoms with Crippen molar-refractivity contribution in [3.05, 3.63) is 46.8 Å². The molecule has 0 spiro atoms. The van der Waals surface area contributed by atoms with E-state index in [9.17, 15) is 0 Å². The highest BCUT2D eigenvalue weighted by atomic mass is 35.5. The van der Waals surface area contributed by atoms with E-state index < -0.39 is 0 Å². The summed E-state index contributed by atoms with van der Waals surface area (Å²) in [6.45, 7) is 5.15. The molecule has 3 heteroatoms. The summed E-state index contributed by atoms with van der Waals surface area (Å²) in [6.07, 6.45) is 0. The van der Waals surface area contributed by atoms with Gasteiger partial charge in [0.1, 0.15) is 0 Å². The molecule has 1 heterocycles. The number of rotatable bonds is 4. The fraction of sp³-hybridized carbons (Fsp3) is 0.167. The Kier molecular flexibility index (Phi) is 3.41. The maximum atomic E-state index is 5.67. The average molecular weight is 238 g/mol. The molecule has 2 rings (SSSR count). The van der Waals surface area contributed by atoms with Crippen LogP contribution >= 0.6 is 22.9 Å². The molecule has 0 aliphatic rings. The van der Waals surface area contributed by atoms with Crippen molar-refractivity contribution < 1.29 is 0 Å². The van der Waals surface area contributed by atoms with Crippen molar-refractivity contribution >= 4 is 33.0 Å². The van der Waals surface area contributed by atoms with Crippen molar-refractivity contribution in [1.82, 2.24) is 5.32 Å². The van der Waals surface area contributed by atoms with Crippen LogP contribution in [0.1, 0.15) is 4.88 Å². The minimum absolute atomic E-state index is 0.649. The second kappa shape index (κ2) is 4.79. The largest absolute Gasteiger partial charge is 0.307 e. The molecule has 0 aliphatic heterocycles. The zero-order valence-electron chi connectivity index (χ0n) is 8.29. The molecular formula is C12H12ClNS. The number of halogens is 1. The molecular weight excluding hydrogens is 226 g/mol. The molecule has 1 N–H and O–H groups in total. The SMILES string of the molecule is C=C(Cl)CNCc1cc2ccccc2s1. The second-order valence-corrected chi connectivity index (χ2v) is 5.07. The summed E-state index contributed by atoms with van der Waals surface area (Å²) in [6, 6.07) is 10.6. The van der Waals surface area contributed by atoms with E-state index in [0.717, 1.165) is 6.54 Å². The molecule has 78 valence electrons. The fourth-order valence-corrected chi connectivity index (χ4v) is 2.57. The number of hydrogen-bond donors (Lipinski definition) is 1. The van der Waals surface area contributed by atoms with E-state index >= 15 is 0 Å². The van der Waals surface area contributed by atoms with Gasteiger partial charge in [0.25, 0.3) is 0 Å². The molecule has 0 atom stereocenters. The molecule has 0 radical (unpaired) electrons. The molecule has 0 bridgehead atoms. The molecule has 0 saturated carbocycles. The van der Waals surface area contributed by atoms with Crippen molar-refractivity contribution in [3.63, 3.8) is 0 Å². The number of nitrogens with one attached hydrogen (secondary N) is 1. The van der Waals surface area contributed by atoms with Crippen molar-refractivity contribution in [2.24, 2.45) is 0 Å². The van der Waals surface area contributed by atoms with Gasteiger partial charge in [-0.15, -0.1) is 11.3 Å². The van der Waals surface area contributed by atoms with Crippen LogP contribution in [0.3, 0.4) is 0 Å². The predicted octanol–water partition coefficient (Wildman–Crippen LogP) is 3.74. The normalized spacial score (nSPS) is 10.7. The summed E-state index contributed by atoms with van der Waals surface area (Å²) >= 11 is 7.48. The van der Waals surface area contributed by atoms with Crippen molar-refractivity contribution in [2.75, 3.05) is 6.54 Å². The van der Waals surface area contributed by atoms with Gasteiger partial charge in [-0.3, -0.25) is 0 Å². The maximum Gasteiger partial charge on any atom is 0.0346 e. The van der Waals surface area contributed by atoms with Gasteiger partial charge in [-0.1, -0.05) is 36.4 Å². The third-order valence-electron chi connectivity index (χ3n) is 2.09. The highest BCUT2D eigenvalue weighted by molar-refractivity contribution is 7.19. The monoisotopic (exact) mass is 237 g/mol. The first-order valence-electron chi connectivity index (χ1n) is 4.77. The van der Waals surface area contributed by atoms with Crippen LogP contribution < -0.4 is 5.32 Å². The molecule has 1 nitrogen and oxygen atoms in total. The lowest BCUT2D eigenvalue weighted by molar-refractivity contribution is 0.765. The number of thiophene rings is 1. The molecule has 0 amide bonds. The maximum absolute atomic E-state index is 5.67. The Morgan fingerprint density at radius 1 is 1.40 bits per heavy atom. The Hall–Kier alpha value is -0.830. The van der Waals surface area contributed by atoms with Crippen LogP contribution in [-0.4, -0.2) is 6.54 Å². The second-order valence-electron chi connectivity index (χ2n) is 3.37. The molecule has 0 saturated heterocycles. The lowest BCUT2D eigenvalue weighted by atomic mass is 10.2. The summed E-state index contributed by atoms with van der Waals surface area (Å²) < 4.78 is 1.33. The van der Waals surface area contributed by atoms with Crippen LogP contribution in [0, 0.1) is 0 Å². The summed E-state index contributed by atoms with van der Waals surface area (Å²) in [5, 5.41) is 5.20. The zero-order valence-corrected chi connectivity index (χ0v) is 9.87.